The lowest BCUT2D eigenvalue weighted by Crippen LogP contribution is -2.14. The fourth-order valence-electron chi connectivity index (χ4n) is 3.69. The molecule has 0 amide bonds. The topological polar surface area (TPSA) is 65.6 Å². The van der Waals surface area contributed by atoms with Crippen LogP contribution in [0.15, 0.2) is 67.1 Å². The zero-order valence-electron chi connectivity index (χ0n) is 16.4. The number of fused-ring (bicyclic) bond motifs is 2. The van der Waals surface area contributed by atoms with Gasteiger partial charge in [-0.05, 0) is 54.3 Å². The number of aromatic amines is 1. The molecule has 0 saturated heterocycles. The van der Waals surface area contributed by atoms with Gasteiger partial charge >= 0.3 is 0 Å². The lowest BCUT2D eigenvalue weighted by atomic mass is 10.1. The monoisotopic (exact) mass is 411 g/mol. The fourth-order valence-corrected chi connectivity index (χ4v) is 4.75. The number of rotatable bonds is 6. The van der Waals surface area contributed by atoms with Gasteiger partial charge in [0.1, 0.15) is 6.33 Å². The molecule has 2 aromatic carbocycles. The molecule has 1 aliphatic carbocycles. The van der Waals surface area contributed by atoms with E-state index in [1.165, 1.54) is 34.2 Å². The van der Waals surface area contributed by atoms with Gasteiger partial charge in [0.05, 0.1) is 10.2 Å². The molecule has 30 heavy (non-hydrogen) atoms. The molecule has 0 aliphatic heterocycles. The van der Waals surface area contributed by atoms with Crippen molar-refractivity contribution in [3.05, 3.63) is 72.7 Å². The molecule has 1 saturated carbocycles. The molecular weight excluding hydrogens is 390 g/mol. The van der Waals surface area contributed by atoms with Crippen molar-refractivity contribution in [1.29, 1.82) is 0 Å². The Morgan fingerprint density at radius 2 is 1.90 bits per heavy atom. The van der Waals surface area contributed by atoms with Crippen molar-refractivity contribution in [2.24, 2.45) is 0 Å². The third kappa shape index (κ3) is 3.44. The number of thiophene rings is 1. The van der Waals surface area contributed by atoms with Gasteiger partial charge in [0.25, 0.3) is 0 Å². The van der Waals surface area contributed by atoms with E-state index in [1.807, 2.05) is 6.20 Å². The van der Waals surface area contributed by atoms with E-state index in [0.29, 0.717) is 0 Å². The summed E-state index contributed by atoms with van der Waals surface area (Å²) in [5, 5.41) is 8.22. The lowest BCUT2D eigenvalue weighted by molar-refractivity contribution is 0.688. The van der Waals surface area contributed by atoms with Gasteiger partial charge in [-0.1, -0.05) is 24.3 Å². The van der Waals surface area contributed by atoms with Gasteiger partial charge in [-0.3, -0.25) is 0 Å². The SMILES string of the molecule is c1nc(Nc2ccc3[nH]ccc3c2)c2sc(-c3ccc(CNC4CC4)cc3)cc2n1. The van der Waals surface area contributed by atoms with Crippen LogP contribution in [0, 0.1) is 0 Å². The molecule has 0 spiro atoms. The first-order chi connectivity index (χ1) is 14.8. The smallest absolute Gasteiger partial charge is 0.151 e. The van der Waals surface area contributed by atoms with Crippen LogP contribution in [0.3, 0.4) is 0 Å². The van der Waals surface area contributed by atoms with Gasteiger partial charge in [0, 0.05) is 40.3 Å². The van der Waals surface area contributed by atoms with E-state index in [1.54, 1.807) is 17.7 Å². The Morgan fingerprint density at radius 1 is 1.00 bits per heavy atom. The zero-order chi connectivity index (χ0) is 19.9. The molecule has 3 heterocycles. The number of aromatic nitrogens is 3. The summed E-state index contributed by atoms with van der Waals surface area (Å²) in [6, 6.07) is 20.1. The summed E-state index contributed by atoms with van der Waals surface area (Å²) in [6.45, 7) is 0.947. The summed E-state index contributed by atoms with van der Waals surface area (Å²) in [7, 11) is 0. The second-order valence-electron chi connectivity index (χ2n) is 7.80. The highest BCUT2D eigenvalue weighted by molar-refractivity contribution is 7.22. The molecular formula is C24H21N5S. The molecule has 1 fully saturated rings. The van der Waals surface area contributed by atoms with Crippen molar-refractivity contribution in [1.82, 2.24) is 20.3 Å². The highest BCUT2D eigenvalue weighted by Crippen LogP contribution is 2.36. The van der Waals surface area contributed by atoms with E-state index in [-0.39, 0.29) is 0 Å². The first-order valence-corrected chi connectivity index (χ1v) is 11.0. The second-order valence-corrected chi connectivity index (χ2v) is 8.86. The minimum atomic E-state index is 0.731. The maximum atomic E-state index is 4.51. The number of hydrogen-bond acceptors (Lipinski definition) is 5. The van der Waals surface area contributed by atoms with E-state index in [0.717, 1.165) is 39.8 Å². The Morgan fingerprint density at radius 3 is 2.77 bits per heavy atom. The molecule has 5 aromatic rings. The molecule has 0 unspecified atom stereocenters. The largest absolute Gasteiger partial charge is 0.361 e. The number of anilines is 2. The van der Waals surface area contributed by atoms with Gasteiger partial charge in [-0.25, -0.2) is 9.97 Å². The Hall–Kier alpha value is -3.22. The maximum Gasteiger partial charge on any atom is 0.151 e. The number of nitrogens with zero attached hydrogens (tertiary/aromatic N) is 2. The first kappa shape index (κ1) is 17.6. The minimum absolute atomic E-state index is 0.731. The van der Waals surface area contributed by atoms with Crippen LogP contribution in [0.25, 0.3) is 31.6 Å². The van der Waals surface area contributed by atoms with Crippen molar-refractivity contribution in [3.8, 4) is 10.4 Å². The Kier molecular flexibility index (Phi) is 4.25. The van der Waals surface area contributed by atoms with E-state index >= 15 is 0 Å². The predicted octanol–water partition coefficient (Wildman–Crippen LogP) is 5.84. The number of benzene rings is 2. The number of H-pyrrole nitrogens is 1. The minimum Gasteiger partial charge on any atom is -0.361 e. The van der Waals surface area contributed by atoms with Crippen molar-refractivity contribution < 1.29 is 0 Å². The van der Waals surface area contributed by atoms with Crippen LogP contribution in [0.4, 0.5) is 11.5 Å². The van der Waals surface area contributed by atoms with Crippen molar-refractivity contribution in [2.45, 2.75) is 25.4 Å². The quantitative estimate of drug-likeness (QED) is 0.329. The van der Waals surface area contributed by atoms with Gasteiger partial charge in [0.2, 0.25) is 0 Å². The third-order valence-electron chi connectivity index (χ3n) is 5.54. The van der Waals surface area contributed by atoms with Crippen molar-refractivity contribution in [3.63, 3.8) is 0 Å². The van der Waals surface area contributed by atoms with Crippen LogP contribution in [-0.4, -0.2) is 21.0 Å². The van der Waals surface area contributed by atoms with Crippen LogP contribution < -0.4 is 10.6 Å². The van der Waals surface area contributed by atoms with E-state index in [9.17, 15) is 0 Å². The van der Waals surface area contributed by atoms with Crippen LogP contribution in [0.2, 0.25) is 0 Å². The highest BCUT2D eigenvalue weighted by atomic mass is 32.1. The van der Waals surface area contributed by atoms with Crippen LogP contribution >= 0.6 is 11.3 Å². The van der Waals surface area contributed by atoms with Crippen molar-refractivity contribution >= 4 is 44.0 Å². The van der Waals surface area contributed by atoms with E-state index in [4.69, 9.17) is 0 Å². The van der Waals surface area contributed by atoms with E-state index in [2.05, 4.69) is 80.2 Å². The molecule has 3 aromatic heterocycles. The standard InChI is InChI=1S/C24H21N5S/c1-3-16(4-2-15(1)13-26-18-5-6-18)22-12-21-23(30-22)24(28-14-27-21)29-19-7-8-20-17(11-19)9-10-25-20/h1-4,7-12,14,18,25-26H,5-6,13H2,(H,27,28,29). The summed E-state index contributed by atoms with van der Waals surface area (Å²) in [5.74, 6) is 0.844. The Labute approximate surface area is 178 Å². The molecule has 148 valence electrons. The number of hydrogen-bond donors (Lipinski definition) is 3. The Bertz CT molecular complexity index is 1330. The van der Waals surface area contributed by atoms with Crippen LogP contribution in [0.5, 0.6) is 0 Å². The molecule has 0 atom stereocenters. The Balaban J connectivity index is 1.28. The van der Waals surface area contributed by atoms with Gasteiger partial charge < -0.3 is 15.6 Å². The third-order valence-corrected chi connectivity index (χ3v) is 6.72. The molecule has 6 heteroatoms. The van der Waals surface area contributed by atoms with Crippen LogP contribution in [0.1, 0.15) is 18.4 Å². The fraction of sp³-hybridized carbons (Fsp3) is 0.167. The first-order valence-electron chi connectivity index (χ1n) is 10.2. The summed E-state index contributed by atoms with van der Waals surface area (Å²) in [6.07, 6.45) is 6.21. The average molecular weight is 412 g/mol. The lowest BCUT2D eigenvalue weighted by Gasteiger charge is -2.06. The molecule has 6 rings (SSSR count). The predicted molar refractivity (Wildman–Crippen MR) is 124 cm³/mol. The van der Waals surface area contributed by atoms with Crippen LogP contribution in [-0.2, 0) is 6.54 Å². The summed E-state index contributed by atoms with van der Waals surface area (Å²) in [4.78, 5) is 13.4. The van der Waals surface area contributed by atoms with Crippen molar-refractivity contribution in [2.75, 3.05) is 5.32 Å². The average Bonchev–Trinajstić information content (AvgIpc) is 3.30. The molecule has 0 radical (unpaired) electrons. The normalized spacial score (nSPS) is 13.9. The molecule has 0 bridgehead atoms. The zero-order valence-corrected chi connectivity index (χ0v) is 17.2. The molecule has 5 nitrogen and oxygen atoms in total. The summed E-state index contributed by atoms with van der Waals surface area (Å²) >= 11 is 1.73. The van der Waals surface area contributed by atoms with Gasteiger partial charge in [-0.2, -0.15) is 0 Å². The van der Waals surface area contributed by atoms with E-state index < -0.39 is 0 Å². The molecule has 1 aliphatic rings. The van der Waals surface area contributed by atoms with Gasteiger partial charge in [-0.15, -0.1) is 11.3 Å². The number of nitrogens with one attached hydrogen (secondary N) is 3. The maximum absolute atomic E-state index is 4.51. The van der Waals surface area contributed by atoms with Gasteiger partial charge in [0.15, 0.2) is 5.82 Å². The summed E-state index contributed by atoms with van der Waals surface area (Å²) in [5.41, 5.74) is 5.66. The highest BCUT2D eigenvalue weighted by Gasteiger charge is 2.19. The molecule has 3 N–H and O–H groups in total. The second kappa shape index (κ2) is 7.23. The summed E-state index contributed by atoms with van der Waals surface area (Å²) < 4.78 is 1.07.